The van der Waals surface area contributed by atoms with Crippen molar-refractivity contribution in [3.8, 4) is 0 Å². The molecule has 2 aliphatic heterocycles. The van der Waals surface area contributed by atoms with Crippen molar-refractivity contribution in [1.82, 2.24) is 9.80 Å². The Morgan fingerprint density at radius 1 is 1.12 bits per heavy atom. The lowest BCUT2D eigenvalue weighted by Crippen LogP contribution is -2.55. The van der Waals surface area contributed by atoms with Crippen molar-refractivity contribution in [2.75, 3.05) is 38.2 Å². The molecule has 1 N–H and O–H groups in total. The Hall–Kier alpha value is -3.55. The van der Waals surface area contributed by atoms with E-state index in [0.717, 1.165) is 44.8 Å². The summed E-state index contributed by atoms with van der Waals surface area (Å²) in [5, 5.41) is 3.18. The summed E-state index contributed by atoms with van der Waals surface area (Å²) < 4.78 is 20.7. The number of benzene rings is 2. The minimum absolute atomic E-state index is 0.0526. The number of carbonyl (C=O) groups is 2. The van der Waals surface area contributed by atoms with Crippen LogP contribution in [-0.2, 0) is 16.0 Å². The molecule has 0 bridgehead atoms. The highest BCUT2D eigenvalue weighted by Gasteiger charge is 2.43. The van der Waals surface area contributed by atoms with Gasteiger partial charge in [-0.2, -0.15) is 0 Å². The summed E-state index contributed by atoms with van der Waals surface area (Å²) in [7, 11) is 0. The molecule has 6 nitrogen and oxygen atoms in total. The molecule has 43 heavy (non-hydrogen) atoms. The van der Waals surface area contributed by atoms with Gasteiger partial charge in [-0.1, -0.05) is 42.5 Å². The Morgan fingerprint density at radius 2 is 1.98 bits per heavy atom. The third kappa shape index (κ3) is 6.11. The quantitative estimate of drug-likeness (QED) is 0.442. The zero-order valence-corrected chi connectivity index (χ0v) is 25.4. The molecule has 4 aliphatic rings. The van der Waals surface area contributed by atoms with Crippen LogP contribution in [0.25, 0.3) is 5.57 Å². The fourth-order valence-electron chi connectivity index (χ4n) is 7.21. The third-order valence-corrected chi connectivity index (χ3v) is 9.69. The number of hydrogen-bond acceptors (Lipinski definition) is 4. The van der Waals surface area contributed by atoms with Gasteiger partial charge in [-0.25, -0.2) is 4.39 Å². The first-order valence-corrected chi connectivity index (χ1v) is 15.7. The Balaban J connectivity index is 1.27. The number of nitrogens with zero attached hydrogens (tertiary/aromatic N) is 2. The van der Waals surface area contributed by atoms with Gasteiger partial charge in [0.05, 0.1) is 30.7 Å². The van der Waals surface area contributed by atoms with Gasteiger partial charge in [-0.15, -0.1) is 0 Å². The molecule has 0 radical (unpaired) electrons. The van der Waals surface area contributed by atoms with E-state index >= 15 is 4.39 Å². The number of fused-ring (bicyclic) bond motifs is 1. The maximum Gasteiger partial charge on any atom is 0.257 e. The molecular formula is C36H42FN3O3. The summed E-state index contributed by atoms with van der Waals surface area (Å²) in [6.45, 7) is 9.80. The molecule has 2 fully saturated rings. The first-order chi connectivity index (χ1) is 20.8. The van der Waals surface area contributed by atoms with E-state index in [1.54, 1.807) is 24.0 Å². The second-order valence-electron chi connectivity index (χ2n) is 12.6. The van der Waals surface area contributed by atoms with E-state index < -0.39 is 11.7 Å². The van der Waals surface area contributed by atoms with Gasteiger partial charge in [-0.3, -0.25) is 14.5 Å². The molecule has 2 saturated heterocycles. The molecule has 2 heterocycles. The van der Waals surface area contributed by atoms with Crippen LogP contribution < -0.4 is 5.32 Å². The Bertz CT molecular complexity index is 1470. The number of morpholine rings is 1. The van der Waals surface area contributed by atoms with Gasteiger partial charge >= 0.3 is 0 Å². The Kier molecular flexibility index (Phi) is 8.64. The first kappa shape index (κ1) is 29.5. The zero-order chi connectivity index (χ0) is 30.1. The lowest BCUT2D eigenvalue weighted by molar-refractivity contribution is -0.123. The average molecular weight is 584 g/mol. The summed E-state index contributed by atoms with van der Waals surface area (Å²) in [6, 6.07) is 10.8. The Morgan fingerprint density at radius 3 is 2.74 bits per heavy atom. The number of halogens is 1. The third-order valence-electron chi connectivity index (χ3n) is 9.69. The number of rotatable bonds is 6. The SMILES string of the molecule is CC1=CCc2ccc(NC(=O)[C@H]3CCCN(C(=O)c4c(C)cccc4F)[C@H]3C3C=CC(CN4CCOC[C@@H]4C)=CC3)cc21. The Labute approximate surface area is 254 Å². The van der Waals surface area contributed by atoms with Crippen molar-refractivity contribution in [2.45, 2.75) is 58.5 Å². The van der Waals surface area contributed by atoms with Gasteiger partial charge in [0.1, 0.15) is 5.82 Å². The van der Waals surface area contributed by atoms with Crippen LogP contribution in [0.4, 0.5) is 10.1 Å². The molecular weight excluding hydrogens is 541 g/mol. The number of likely N-dealkylation sites (tertiary alicyclic amines) is 1. The molecule has 2 aromatic carbocycles. The van der Waals surface area contributed by atoms with E-state index in [1.807, 2.05) is 6.07 Å². The standard InChI is InChI=1S/C36H42FN3O3/c1-23-9-12-27-15-16-29(20-31(23)27)38-35(41)30-7-5-17-40(36(42)33-24(2)6-4-8-32(33)37)34(30)28-13-10-26(11-14-28)21-39-18-19-43-22-25(39)3/h4,6,8-11,13,15-16,20,25,28,30,34H,5,7,12,14,17-19,21-22H2,1-3H3,(H,38,41)/t25-,28?,30-,34-/m0/s1. The van der Waals surface area contributed by atoms with Crippen LogP contribution in [0.15, 0.2) is 66.3 Å². The number of piperidine rings is 1. The number of carbonyl (C=O) groups excluding carboxylic acids is 2. The van der Waals surface area contributed by atoms with E-state index in [-0.39, 0.29) is 29.3 Å². The lowest BCUT2D eigenvalue weighted by atomic mass is 9.77. The van der Waals surface area contributed by atoms with Crippen LogP contribution in [0.2, 0.25) is 0 Å². The van der Waals surface area contributed by atoms with Crippen LogP contribution in [0.1, 0.15) is 60.2 Å². The predicted molar refractivity (Wildman–Crippen MR) is 168 cm³/mol. The van der Waals surface area contributed by atoms with Crippen molar-refractivity contribution in [3.63, 3.8) is 0 Å². The van der Waals surface area contributed by atoms with E-state index in [4.69, 9.17) is 4.74 Å². The number of nitrogens with one attached hydrogen (secondary N) is 1. The number of anilines is 1. The van der Waals surface area contributed by atoms with Gasteiger partial charge in [-0.05, 0) is 92.5 Å². The van der Waals surface area contributed by atoms with Gasteiger partial charge in [0.2, 0.25) is 5.91 Å². The zero-order valence-electron chi connectivity index (χ0n) is 25.4. The van der Waals surface area contributed by atoms with Crippen LogP contribution in [-0.4, -0.2) is 66.5 Å². The van der Waals surface area contributed by atoms with Crippen molar-refractivity contribution in [3.05, 3.63) is 94.3 Å². The fraction of sp³-hybridized carbons (Fsp3) is 0.444. The summed E-state index contributed by atoms with van der Waals surface area (Å²) in [5.41, 5.74) is 6.39. The van der Waals surface area contributed by atoms with Gasteiger partial charge < -0.3 is 15.0 Å². The van der Waals surface area contributed by atoms with Crippen LogP contribution >= 0.6 is 0 Å². The molecule has 1 unspecified atom stereocenters. The van der Waals surface area contributed by atoms with Gasteiger partial charge in [0.25, 0.3) is 5.91 Å². The highest BCUT2D eigenvalue weighted by atomic mass is 19.1. The average Bonchev–Trinajstić information content (AvgIpc) is 3.38. The second-order valence-corrected chi connectivity index (χ2v) is 12.6. The van der Waals surface area contributed by atoms with E-state index in [9.17, 15) is 9.59 Å². The van der Waals surface area contributed by atoms with Crippen molar-refractivity contribution < 1.29 is 18.7 Å². The molecule has 0 spiro atoms. The molecule has 4 atom stereocenters. The number of aryl methyl sites for hydroxylation is 1. The molecule has 6 rings (SSSR count). The predicted octanol–water partition coefficient (Wildman–Crippen LogP) is 6.18. The monoisotopic (exact) mass is 583 g/mol. The van der Waals surface area contributed by atoms with Crippen LogP contribution in [0, 0.1) is 24.6 Å². The normalized spacial score (nSPS) is 25.6. The number of ether oxygens (including phenoxy) is 1. The van der Waals surface area contributed by atoms with Gasteiger partial charge in [0, 0.05) is 37.3 Å². The molecule has 7 heteroatoms. The maximum absolute atomic E-state index is 15.0. The summed E-state index contributed by atoms with van der Waals surface area (Å²) in [5.74, 6) is -1.40. The minimum atomic E-state index is -0.516. The summed E-state index contributed by atoms with van der Waals surface area (Å²) >= 11 is 0. The first-order valence-electron chi connectivity index (χ1n) is 15.7. The molecule has 0 aromatic heterocycles. The van der Waals surface area contributed by atoms with Crippen LogP contribution in [0.3, 0.4) is 0 Å². The topological polar surface area (TPSA) is 61.9 Å². The number of amides is 2. The van der Waals surface area contributed by atoms with Crippen LogP contribution in [0.5, 0.6) is 0 Å². The molecule has 2 aromatic rings. The van der Waals surface area contributed by atoms with Crippen molar-refractivity contribution >= 4 is 23.1 Å². The van der Waals surface area contributed by atoms with Gasteiger partial charge in [0.15, 0.2) is 0 Å². The fourth-order valence-corrected chi connectivity index (χ4v) is 7.21. The lowest BCUT2D eigenvalue weighted by Gasteiger charge is -2.44. The largest absolute Gasteiger partial charge is 0.379 e. The van der Waals surface area contributed by atoms with E-state index in [1.165, 1.54) is 28.3 Å². The molecule has 226 valence electrons. The van der Waals surface area contributed by atoms with Crippen molar-refractivity contribution in [2.24, 2.45) is 11.8 Å². The number of hydrogen-bond donors (Lipinski definition) is 1. The second kappa shape index (κ2) is 12.6. The van der Waals surface area contributed by atoms with E-state index in [2.05, 4.69) is 60.5 Å². The maximum atomic E-state index is 15.0. The smallest absolute Gasteiger partial charge is 0.257 e. The number of allylic oxidation sites excluding steroid dienone is 3. The highest BCUT2D eigenvalue weighted by Crippen LogP contribution is 2.37. The van der Waals surface area contributed by atoms with E-state index in [0.29, 0.717) is 31.0 Å². The van der Waals surface area contributed by atoms with Crippen molar-refractivity contribution in [1.29, 1.82) is 0 Å². The minimum Gasteiger partial charge on any atom is -0.379 e. The summed E-state index contributed by atoms with van der Waals surface area (Å²) in [6.07, 6.45) is 11.8. The molecule has 2 amide bonds. The molecule has 2 aliphatic carbocycles. The highest BCUT2D eigenvalue weighted by molar-refractivity contribution is 5.98. The molecule has 0 saturated carbocycles. The summed E-state index contributed by atoms with van der Waals surface area (Å²) in [4.78, 5) is 32.3.